The molecule has 7 nitrogen and oxygen atoms in total. The molecule has 0 saturated carbocycles. The number of aromatic nitrogens is 3. The van der Waals surface area contributed by atoms with Crippen LogP contribution in [-0.4, -0.2) is 22.8 Å². The summed E-state index contributed by atoms with van der Waals surface area (Å²) in [4.78, 5) is 0.206. The molecule has 0 unspecified atom stereocenters. The van der Waals surface area contributed by atoms with Gasteiger partial charge in [0.25, 0.3) is 10.0 Å². The summed E-state index contributed by atoms with van der Waals surface area (Å²) >= 11 is 0. The lowest BCUT2D eigenvalue weighted by Gasteiger charge is -2.04. The van der Waals surface area contributed by atoms with Gasteiger partial charge < -0.3 is 10.3 Å². The van der Waals surface area contributed by atoms with E-state index in [1.165, 1.54) is 4.68 Å². The van der Waals surface area contributed by atoms with Crippen molar-refractivity contribution in [1.82, 2.24) is 14.3 Å². The van der Waals surface area contributed by atoms with Crippen LogP contribution in [0.3, 0.4) is 0 Å². The van der Waals surface area contributed by atoms with Crippen molar-refractivity contribution in [2.45, 2.75) is 31.3 Å². The molecule has 2 aromatic rings. The van der Waals surface area contributed by atoms with Gasteiger partial charge in [-0.1, -0.05) is 6.92 Å². The first kappa shape index (κ1) is 14.6. The minimum absolute atomic E-state index is 0.206. The van der Waals surface area contributed by atoms with Gasteiger partial charge in [0, 0.05) is 44.3 Å². The summed E-state index contributed by atoms with van der Waals surface area (Å²) in [5.41, 5.74) is 6.44. The molecule has 0 aliphatic rings. The second-order valence-corrected chi connectivity index (χ2v) is 6.23. The Morgan fingerprint density at radius 1 is 1.45 bits per heavy atom. The molecule has 0 bridgehead atoms. The van der Waals surface area contributed by atoms with Crippen molar-refractivity contribution in [2.24, 2.45) is 12.8 Å². The Morgan fingerprint density at radius 3 is 2.75 bits per heavy atom. The van der Waals surface area contributed by atoms with Gasteiger partial charge in [-0.2, -0.15) is 5.10 Å². The summed E-state index contributed by atoms with van der Waals surface area (Å²) in [7, 11) is -1.91. The molecular formula is C12H19N5O2S. The van der Waals surface area contributed by atoms with Gasteiger partial charge in [0.05, 0.1) is 0 Å². The lowest BCUT2D eigenvalue weighted by atomic mass is 10.4. The average Bonchev–Trinajstić information content (AvgIpc) is 2.96. The van der Waals surface area contributed by atoms with Crippen LogP contribution in [0, 0.1) is 0 Å². The smallest absolute Gasteiger partial charge is 0.264 e. The van der Waals surface area contributed by atoms with Gasteiger partial charge in [-0.15, -0.1) is 0 Å². The highest BCUT2D eigenvalue weighted by Gasteiger charge is 2.19. The molecule has 2 aromatic heterocycles. The number of sulfonamides is 1. The largest absolute Gasteiger partial charge is 0.349 e. The number of nitrogens with one attached hydrogen (secondary N) is 1. The van der Waals surface area contributed by atoms with Gasteiger partial charge in [0.15, 0.2) is 5.82 Å². The number of rotatable bonds is 6. The molecule has 0 radical (unpaired) electrons. The van der Waals surface area contributed by atoms with E-state index in [9.17, 15) is 8.42 Å². The number of aryl methyl sites for hydroxylation is 2. The standard InChI is InChI=1S/C12H19N5O2S/c1-3-5-17-9-11(7-10(17)8-13)20(18,19)15-12-4-6-16(2)14-12/h4,6-7,9H,3,5,8,13H2,1-2H3,(H,14,15). The number of nitrogens with zero attached hydrogens (tertiary/aromatic N) is 3. The van der Waals surface area contributed by atoms with E-state index in [-0.39, 0.29) is 4.90 Å². The van der Waals surface area contributed by atoms with Crippen molar-refractivity contribution in [2.75, 3.05) is 4.72 Å². The van der Waals surface area contributed by atoms with Crippen LogP contribution in [0.5, 0.6) is 0 Å². The van der Waals surface area contributed by atoms with Gasteiger partial charge in [0.2, 0.25) is 0 Å². The van der Waals surface area contributed by atoms with E-state index in [0.717, 1.165) is 18.7 Å². The zero-order valence-electron chi connectivity index (χ0n) is 11.6. The fraction of sp³-hybridized carbons (Fsp3) is 0.417. The van der Waals surface area contributed by atoms with Crippen LogP contribution < -0.4 is 10.5 Å². The molecule has 20 heavy (non-hydrogen) atoms. The quantitative estimate of drug-likeness (QED) is 0.828. The lowest BCUT2D eigenvalue weighted by Crippen LogP contribution is -2.13. The maximum absolute atomic E-state index is 12.3. The molecule has 0 atom stereocenters. The predicted molar refractivity (Wildman–Crippen MR) is 76.6 cm³/mol. The molecular weight excluding hydrogens is 278 g/mol. The SMILES string of the molecule is CCCn1cc(S(=O)(=O)Nc2ccn(C)n2)cc1CN. The summed E-state index contributed by atoms with van der Waals surface area (Å²) in [6, 6.07) is 3.20. The molecule has 0 aliphatic carbocycles. The Balaban J connectivity index is 2.29. The third-order valence-corrected chi connectivity index (χ3v) is 4.22. The monoisotopic (exact) mass is 297 g/mol. The van der Waals surface area contributed by atoms with Crippen LogP contribution in [0.15, 0.2) is 29.4 Å². The van der Waals surface area contributed by atoms with E-state index in [1.807, 2.05) is 11.5 Å². The molecule has 0 aliphatic heterocycles. The molecule has 8 heteroatoms. The van der Waals surface area contributed by atoms with Gasteiger partial charge in [-0.3, -0.25) is 9.40 Å². The molecule has 2 heterocycles. The van der Waals surface area contributed by atoms with Crippen molar-refractivity contribution in [3.05, 3.63) is 30.2 Å². The summed E-state index contributed by atoms with van der Waals surface area (Å²) in [5, 5.41) is 4.00. The minimum Gasteiger partial charge on any atom is -0.349 e. The fourth-order valence-electron chi connectivity index (χ4n) is 1.96. The number of nitrogens with two attached hydrogens (primary N) is 1. The highest BCUT2D eigenvalue weighted by Crippen LogP contribution is 2.18. The van der Waals surface area contributed by atoms with Gasteiger partial charge in [0.1, 0.15) is 4.90 Å². The normalized spacial score (nSPS) is 11.8. The van der Waals surface area contributed by atoms with E-state index < -0.39 is 10.0 Å². The Morgan fingerprint density at radius 2 is 2.20 bits per heavy atom. The van der Waals surface area contributed by atoms with Gasteiger partial charge >= 0.3 is 0 Å². The summed E-state index contributed by atoms with van der Waals surface area (Å²) in [6.07, 6.45) is 4.19. The number of hydrogen-bond donors (Lipinski definition) is 2. The molecule has 0 saturated heterocycles. The van der Waals surface area contributed by atoms with Gasteiger partial charge in [-0.05, 0) is 12.5 Å². The number of anilines is 1. The molecule has 0 spiro atoms. The zero-order valence-corrected chi connectivity index (χ0v) is 12.4. The summed E-state index contributed by atoms with van der Waals surface area (Å²) in [6.45, 7) is 3.07. The Hall–Kier alpha value is -1.80. The first-order valence-electron chi connectivity index (χ1n) is 6.38. The topological polar surface area (TPSA) is 94.9 Å². The zero-order chi connectivity index (χ0) is 14.8. The second kappa shape index (κ2) is 5.68. The summed E-state index contributed by atoms with van der Waals surface area (Å²) in [5.74, 6) is 0.296. The van der Waals surface area contributed by atoms with Crippen molar-refractivity contribution in [3.63, 3.8) is 0 Å². The maximum atomic E-state index is 12.3. The Labute approximate surface area is 118 Å². The van der Waals surface area contributed by atoms with Crippen molar-refractivity contribution in [3.8, 4) is 0 Å². The third-order valence-electron chi connectivity index (χ3n) is 2.90. The molecule has 2 rings (SSSR count). The lowest BCUT2D eigenvalue weighted by molar-refractivity contribution is 0.599. The molecule has 110 valence electrons. The third kappa shape index (κ3) is 3.02. The van der Waals surface area contributed by atoms with Crippen LogP contribution >= 0.6 is 0 Å². The van der Waals surface area contributed by atoms with Crippen LogP contribution in [0.25, 0.3) is 0 Å². The number of hydrogen-bond acceptors (Lipinski definition) is 4. The van der Waals surface area contributed by atoms with Crippen LogP contribution in [0.2, 0.25) is 0 Å². The van der Waals surface area contributed by atoms with Crippen molar-refractivity contribution >= 4 is 15.8 Å². The first-order chi connectivity index (χ1) is 9.46. The van der Waals surface area contributed by atoms with Crippen molar-refractivity contribution < 1.29 is 8.42 Å². The maximum Gasteiger partial charge on any atom is 0.264 e. The molecule has 0 aromatic carbocycles. The van der Waals surface area contributed by atoms with Crippen molar-refractivity contribution in [1.29, 1.82) is 0 Å². The highest BCUT2D eigenvalue weighted by molar-refractivity contribution is 7.92. The fourth-order valence-corrected chi connectivity index (χ4v) is 3.02. The van der Waals surface area contributed by atoms with Gasteiger partial charge in [-0.25, -0.2) is 8.42 Å². The van der Waals surface area contributed by atoms with E-state index in [1.54, 1.807) is 31.6 Å². The molecule has 0 amide bonds. The average molecular weight is 297 g/mol. The first-order valence-corrected chi connectivity index (χ1v) is 7.86. The predicted octanol–water partition coefficient (Wildman–Crippen LogP) is 0.891. The molecule has 3 N–H and O–H groups in total. The molecule has 0 fully saturated rings. The second-order valence-electron chi connectivity index (χ2n) is 4.54. The van der Waals surface area contributed by atoms with E-state index in [4.69, 9.17) is 5.73 Å². The Kier molecular flexibility index (Phi) is 4.15. The Bertz CT molecular complexity index is 687. The van der Waals surface area contributed by atoms with E-state index in [0.29, 0.717) is 12.4 Å². The van der Waals surface area contributed by atoms with Crippen LogP contribution in [0.4, 0.5) is 5.82 Å². The van der Waals surface area contributed by atoms with Crippen LogP contribution in [-0.2, 0) is 30.2 Å². The minimum atomic E-state index is -3.63. The highest BCUT2D eigenvalue weighted by atomic mass is 32.2. The van der Waals surface area contributed by atoms with Crippen LogP contribution in [0.1, 0.15) is 19.0 Å². The summed E-state index contributed by atoms with van der Waals surface area (Å²) < 4.78 is 30.4. The van der Waals surface area contributed by atoms with E-state index in [2.05, 4.69) is 9.82 Å². The van der Waals surface area contributed by atoms with E-state index >= 15 is 0 Å².